The summed E-state index contributed by atoms with van der Waals surface area (Å²) in [6.07, 6.45) is 7.91. The average molecular weight is 608 g/mol. The maximum atomic E-state index is 10.9. The lowest BCUT2D eigenvalue weighted by Gasteiger charge is -2.12. The molecule has 0 N–H and O–H groups in total. The van der Waals surface area contributed by atoms with E-state index >= 15 is 0 Å². The van der Waals surface area contributed by atoms with Crippen LogP contribution in [0.4, 0.5) is 0 Å². The molecule has 0 radical (unpaired) electrons. The molecule has 1 fully saturated rings. The normalized spacial score (nSPS) is 13.1. The molecule has 0 aliphatic carbocycles. The summed E-state index contributed by atoms with van der Waals surface area (Å²) in [4.78, 5) is 10.9. The maximum Gasteiger partial charge on any atom is 0.188 e. The maximum absolute atomic E-state index is 10.9. The molecule has 0 aromatic heterocycles. The van der Waals surface area contributed by atoms with E-state index in [0.717, 1.165) is 52.6 Å². The minimum Gasteiger partial charge on any atom is -0.467 e. The molecule has 3 rings (SSSR count). The minimum absolute atomic E-state index is 0. The van der Waals surface area contributed by atoms with E-state index in [-0.39, 0.29) is 27.3 Å². The molecule has 0 unspecified atom stereocenters. The molecule has 0 bridgehead atoms. The van der Waals surface area contributed by atoms with Crippen LogP contribution in [-0.2, 0) is 25.4 Å². The molecule has 1 aliphatic rings. The molecule has 39 heavy (non-hydrogen) atoms. The first-order chi connectivity index (χ1) is 18.4. The topological polar surface area (TPSA) is 72.5 Å². The smallest absolute Gasteiger partial charge is 0.188 e. The van der Waals surface area contributed by atoms with Gasteiger partial charge in [-0.05, 0) is 91.9 Å². The predicted molar refractivity (Wildman–Crippen MR) is 158 cm³/mol. The van der Waals surface area contributed by atoms with Crippen molar-refractivity contribution in [2.75, 3.05) is 41.0 Å². The summed E-state index contributed by atoms with van der Waals surface area (Å²) < 4.78 is 32.4. The van der Waals surface area contributed by atoms with Gasteiger partial charge in [-0.1, -0.05) is 36.8 Å². The molecular formula is C31H43BrO7. The number of carbonyl (C=O) groups is 1. The monoisotopic (exact) mass is 606 g/mol. The number of hydrogen-bond acceptors (Lipinski definition) is 7. The van der Waals surface area contributed by atoms with Crippen LogP contribution in [0.5, 0.6) is 11.5 Å². The molecule has 8 heteroatoms. The highest BCUT2D eigenvalue weighted by Gasteiger charge is 2.19. The van der Waals surface area contributed by atoms with E-state index in [2.05, 4.69) is 48.9 Å². The van der Waals surface area contributed by atoms with Crippen LogP contribution < -0.4 is 9.47 Å². The van der Waals surface area contributed by atoms with Crippen molar-refractivity contribution in [1.82, 2.24) is 0 Å². The van der Waals surface area contributed by atoms with Crippen LogP contribution in [0.1, 0.15) is 68.8 Å². The van der Waals surface area contributed by atoms with Gasteiger partial charge in [0, 0.05) is 25.3 Å². The summed E-state index contributed by atoms with van der Waals surface area (Å²) in [5.41, 5.74) is 5.33. The largest absolute Gasteiger partial charge is 0.467 e. The second-order valence-corrected chi connectivity index (χ2v) is 9.78. The van der Waals surface area contributed by atoms with Gasteiger partial charge in [-0.3, -0.25) is 4.79 Å². The highest BCUT2D eigenvalue weighted by Crippen LogP contribution is 2.31. The van der Waals surface area contributed by atoms with Crippen LogP contribution in [-0.4, -0.2) is 47.3 Å². The van der Waals surface area contributed by atoms with Crippen LogP contribution in [0.25, 0.3) is 0 Å². The van der Waals surface area contributed by atoms with Gasteiger partial charge in [0.1, 0.15) is 17.8 Å². The Morgan fingerprint density at radius 3 is 2.18 bits per heavy atom. The minimum atomic E-state index is -0.257. The summed E-state index contributed by atoms with van der Waals surface area (Å²) in [6, 6.07) is 11.2. The highest BCUT2D eigenvalue weighted by atomic mass is 79.9. The summed E-state index contributed by atoms with van der Waals surface area (Å²) in [7, 11) is 3.18. The van der Waals surface area contributed by atoms with Crippen molar-refractivity contribution < 1.29 is 33.2 Å². The lowest BCUT2D eigenvalue weighted by atomic mass is 10.0. The Kier molecular flexibility index (Phi) is 17.3. The van der Waals surface area contributed by atoms with Crippen LogP contribution in [0.3, 0.4) is 0 Å². The van der Waals surface area contributed by atoms with Gasteiger partial charge in [0.25, 0.3) is 0 Å². The third-order valence-electron chi connectivity index (χ3n) is 5.50. The fraction of sp³-hybridized carbons (Fsp3) is 0.452. The first-order valence-corrected chi connectivity index (χ1v) is 13.3. The molecule has 2 aromatic rings. The lowest BCUT2D eigenvalue weighted by Crippen LogP contribution is -2.02. The zero-order chi connectivity index (χ0) is 27.8. The van der Waals surface area contributed by atoms with E-state index in [1.54, 1.807) is 20.3 Å². The third kappa shape index (κ3) is 12.9. The first-order valence-electron chi connectivity index (χ1n) is 12.5. The van der Waals surface area contributed by atoms with Crippen molar-refractivity contribution in [3.05, 3.63) is 80.9 Å². The Balaban J connectivity index is 0.000000396. The van der Waals surface area contributed by atoms with Crippen LogP contribution in [0, 0.1) is 0 Å². The van der Waals surface area contributed by atoms with Crippen molar-refractivity contribution in [3.63, 3.8) is 0 Å². The zero-order valence-corrected chi connectivity index (χ0v) is 24.5. The van der Waals surface area contributed by atoms with Crippen molar-refractivity contribution in [1.29, 1.82) is 0 Å². The molecule has 1 aliphatic heterocycles. The van der Waals surface area contributed by atoms with Gasteiger partial charge in [-0.15, -0.1) is 0 Å². The third-order valence-corrected chi connectivity index (χ3v) is 6.12. The molecule has 0 spiro atoms. The standard InChI is InChI=1S/C19H26O3.C11H13BrO4.CH4/c1-15(2)6-5-7-16(3)8-10-18-12-17(13-20)9-11-19(18)22-14-21-4;1-13-7-16-10-3-2-8(6-9(10)12)11-14-4-5-15-11;/h6,8-9,11-13H,5,7,10,14H2,1-4H3;2-3,6,11H,4-5,7H2,1H3;1H4/b16-8+;;. The quantitative estimate of drug-likeness (QED) is 0.131. The summed E-state index contributed by atoms with van der Waals surface area (Å²) in [5, 5.41) is 0. The van der Waals surface area contributed by atoms with Gasteiger partial charge in [0.05, 0.1) is 17.7 Å². The number of aldehydes is 1. The second kappa shape index (κ2) is 19.6. The van der Waals surface area contributed by atoms with E-state index < -0.39 is 0 Å². The fourth-order valence-corrected chi connectivity index (χ4v) is 4.04. The van der Waals surface area contributed by atoms with Crippen LogP contribution >= 0.6 is 15.9 Å². The predicted octanol–water partition coefficient (Wildman–Crippen LogP) is 7.83. The van der Waals surface area contributed by atoms with E-state index in [1.807, 2.05) is 30.3 Å². The summed E-state index contributed by atoms with van der Waals surface area (Å²) >= 11 is 3.43. The lowest BCUT2D eigenvalue weighted by molar-refractivity contribution is -0.0442. The number of hydrogen-bond donors (Lipinski definition) is 0. The van der Waals surface area contributed by atoms with E-state index in [9.17, 15) is 4.79 Å². The van der Waals surface area contributed by atoms with Crippen molar-refractivity contribution >= 4 is 22.2 Å². The fourth-order valence-electron chi connectivity index (χ4n) is 3.52. The summed E-state index contributed by atoms with van der Waals surface area (Å²) in [6.45, 7) is 8.09. The summed E-state index contributed by atoms with van der Waals surface area (Å²) in [5.74, 6) is 1.50. The molecule has 1 heterocycles. The molecule has 1 saturated heterocycles. The van der Waals surface area contributed by atoms with Gasteiger partial charge >= 0.3 is 0 Å². The zero-order valence-electron chi connectivity index (χ0n) is 23.0. The number of allylic oxidation sites excluding steroid dienone is 4. The average Bonchev–Trinajstić information content (AvgIpc) is 3.45. The SMILES string of the molecule is C.COCOc1ccc(C2OCCO2)cc1Br.COCOc1ccc(C=O)cc1C/C=C(\C)CCC=C(C)C. The van der Waals surface area contributed by atoms with Crippen LogP contribution in [0.15, 0.2) is 64.2 Å². The first kappa shape index (κ1) is 34.5. The highest BCUT2D eigenvalue weighted by molar-refractivity contribution is 9.10. The van der Waals surface area contributed by atoms with Gasteiger partial charge in [0.2, 0.25) is 0 Å². The molecule has 0 saturated carbocycles. The molecule has 7 nitrogen and oxygen atoms in total. The number of ether oxygens (including phenoxy) is 6. The van der Waals surface area contributed by atoms with E-state index in [4.69, 9.17) is 28.4 Å². The Morgan fingerprint density at radius 1 is 0.949 bits per heavy atom. The van der Waals surface area contributed by atoms with Crippen molar-refractivity contribution in [2.45, 2.75) is 53.8 Å². The Morgan fingerprint density at radius 2 is 1.59 bits per heavy atom. The number of rotatable bonds is 13. The van der Waals surface area contributed by atoms with Crippen molar-refractivity contribution in [3.8, 4) is 11.5 Å². The van der Waals surface area contributed by atoms with Gasteiger partial charge in [-0.2, -0.15) is 0 Å². The molecule has 2 aromatic carbocycles. The molecule has 216 valence electrons. The molecule has 0 amide bonds. The molecular weight excluding hydrogens is 564 g/mol. The Bertz CT molecular complexity index is 1050. The van der Waals surface area contributed by atoms with Crippen LogP contribution in [0.2, 0.25) is 0 Å². The van der Waals surface area contributed by atoms with Gasteiger partial charge < -0.3 is 28.4 Å². The Labute approximate surface area is 242 Å². The number of methoxy groups -OCH3 is 2. The van der Waals surface area contributed by atoms with Crippen molar-refractivity contribution in [2.24, 2.45) is 0 Å². The Hall–Kier alpha value is -2.49. The molecule has 0 atom stereocenters. The van der Waals surface area contributed by atoms with Gasteiger partial charge in [-0.25, -0.2) is 0 Å². The number of halogens is 1. The van der Waals surface area contributed by atoms with E-state index in [0.29, 0.717) is 18.8 Å². The second-order valence-electron chi connectivity index (χ2n) is 8.92. The van der Waals surface area contributed by atoms with Gasteiger partial charge in [0.15, 0.2) is 19.9 Å². The number of benzene rings is 2. The van der Waals surface area contributed by atoms with E-state index in [1.165, 1.54) is 11.1 Å². The number of carbonyl (C=O) groups excluding carboxylic acids is 1.